The van der Waals surface area contributed by atoms with Crippen molar-refractivity contribution in [3.8, 4) is 5.88 Å². The Hall–Kier alpha value is -1.29. The maximum atomic E-state index is 6.29. The third kappa shape index (κ3) is 2.90. The first-order chi connectivity index (χ1) is 9.58. The number of methoxy groups -OCH3 is 1. The number of rotatable bonds is 6. The monoisotopic (exact) mass is 295 g/mol. The van der Waals surface area contributed by atoms with Crippen molar-refractivity contribution in [1.82, 2.24) is 14.5 Å². The van der Waals surface area contributed by atoms with Gasteiger partial charge in [-0.2, -0.15) is 4.98 Å². The van der Waals surface area contributed by atoms with E-state index >= 15 is 0 Å². The predicted octanol–water partition coefficient (Wildman–Crippen LogP) is 4.49. The summed E-state index contributed by atoms with van der Waals surface area (Å²) in [5.74, 6) is 1.49. The second-order valence-electron chi connectivity index (χ2n) is 5.14. The Morgan fingerprint density at radius 2 is 2.05 bits per heavy atom. The van der Waals surface area contributed by atoms with Crippen LogP contribution in [0, 0.1) is 0 Å². The van der Waals surface area contributed by atoms with E-state index in [2.05, 4.69) is 28.4 Å². The van der Waals surface area contributed by atoms with Gasteiger partial charge >= 0.3 is 0 Å². The average molecular weight is 296 g/mol. The third-order valence-corrected chi connectivity index (χ3v) is 3.72. The van der Waals surface area contributed by atoms with Crippen LogP contribution in [0.1, 0.15) is 57.3 Å². The molecule has 0 aliphatic carbocycles. The molecule has 4 nitrogen and oxygen atoms in total. The van der Waals surface area contributed by atoms with Gasteiger partial charge in [0.2, 0.25) is 5.88 Å². The predicted molar refractivity (Wildman–Crippen MR) is 82.6 cm³/mol. The second kappa shape index (κ2) is 6.44. The van der Waals surface area contributed by atoms with Crippen LogP contribution in [0.25, 0.3) is 11.2 Å². The Bertz CT molecular complexity index is 580. The number of alkyl halides is 1. The molecule has 0 aliphatic heterocycles. The van der Waals surface area contributed by atoms with E-state index in [4.69, 9.17) is 16.3 Å². The molecule has 0 spiro atoms. The number of imidazole rings is 1. The smallest absolute Gasteiger partial charge is 0.215 e. The molecule has 0 bridgehead atoms. The van der Waals surface area contributed by atoms with Crippen LogP contribution in [0.3, 0.4) is 0 Å². The fraction of sp³-hybridized carbons (Fsp3) is 0.600. The minimum Gasteiger partial charge on any atom is -0.481 e. The van der Waals surface area contributed by atoms with Crippen LogP contribution in [0.4, 0.5) is 0 Å². The van der Waals surface area contributed by atoms with Crippen molar-refractivity contribution < 1.29 is 4.74 Å². The van der Waals surface area contributed by atoms with Crippen molar-refractivity contribution >= 4 is 22.8 Å². The van der Waals surface area contributed by atoms with Crippen molar-refractivity contribution in [3.05, 3.63) is 18.0 Å². The Balaban J connectivity index is 2.53. The minimum atomic E-state index is -0.140. The number of hydrogen-bond donors (Lipinski definition) is 0. The third-order valence-electron chi connectivity index (χ3n) is 3.52. The van der Waals surface area contributed by atoms with E-state index < -0.39 is 0 Å². The highest BCUT2D eigenvalue weighted by molar-refractivity contribution is 6.20. The topological polar surface area (TPSA) is 39.9 Å². The van der Waals surface area contributed by atoms with Crippen molar-refractivity contribution in [3.63, 3.8) is 0 Å². The van der Waals surface area contributed by atoms with Crippen molar-refractivity contribution in [2.24, 2.45) is 0 Å². The molecule has 2 atom stereocenters. The summed E-state index contributed by atoms with van der Waals surface area (Å²) < 4.78 is 7.38. The lowest BCUT2D eigenvalue weighted by Gasteiger charge is -2.17. The van der Waals surface area contributed by atoms with Crippen LogP contribution in [0.2, 0.25) is 0 Å². The first-order valence-electron chi connectivity index (χ1n) is 7.15. The Labute approximate surface area is 125 Å². The largest absolute Gasteiger partial charge is 0.481 e. The van der Waals surface area contributed by atoms with Crippen molar-refractivity contribution in [1.29, 1.82) is 0 Å². The van der Waals surface area contributed by atoms with E-state index in [9.17, 15) is 0 Å². The lowest BCUT2D eigenvalue weighted by atomic mass is 10.1. The van der Waals surface area contributed by atoms with Gasteiger partial charge in [-0.3, -0.25) is 0 Å². The number of ether oxygens (including phenoxy) is 1. The maximum Gasteiger partial charge on any atom is 0.215 e. The van der Waals surface area contributed by atoms with Crippen LogP contribution in [0.15, 0.2) is 12.1 Å². The fourth-order valence-electron chi connectivity index (χ4n) is 2.43. The van der Waals surface area contributed by atoms with Gasteiger partial charge in [-0.05, 0) is 26.3 Å². The molecule has 0 saturated heterocycles. The molecule has 0 fully saturated rings. The van der Waals surface area contributed by atoms with Crippen molar-refractivity contribution in [2.45, 2.75) is 51.5 Å². The maximum absolute atomic E-state index is 6.29. The summed E-state index contributed by atoms with van der Waals surface area (Å²) in [5.41, 5.74) is 1.73. The number of pyridine rings is 1. The summed E-state index contributed by atoms with van der Waals surface area (Å²) in [5, 5.41) is -0.140. The van der Waals surface area contributed by atoms with Gasteiger partial charge in [0.15, 0.2) is 5.65 Å². The molecular weight excluding hydrogens is 274 g/mol. The van der Waals surface area contributed by atoms with Gasteiger partial charge < -0.3 is 9.30 Å². The van der Waals surface area contributed by atoms with Gasteiger partial charge in [0.1, 0.15) is 11.3 Å². The molecular formula is C15H22ClN3O. The molecule has 110 valence electrons. The Kier molecular flexibility index (Phi) is 4.86. The summed E-state index contributed by atoms with van der Waals surface area (Å²) in [6.07, 6.45) is 3.46. The molecule has 2 aromatic heterocycles. The number of halogens is 1. The summed E-state index contributed by atoms with van der Waals surface area (Å²) in [6, 6.07) is 4.10. The first kappa shape index (κ1) is 15.1. The van der Waals surface area contributed by atoms with E-state index in [0.717, 1.165) is 23.4 Å². The lowest BCUT2D eigenvalue weighted by Crippen LogP contribution is -2.10. The van der Waals surface area contributed by atoms with Gasteiger partial charge in [0.05, 0.1) is 12.5 Å². The number of hydrogen-bond acceptors (Lipinski definition) is 3. The highest BCUT2D eigenvalue weighted by Gasteiger charge is 2.20. The fourth-order valence-corrected chi connectivity index (χ4v) is 2.59. The Morgan fingerprint density at radius 1 is 1.30 bits per heavy atom. The van der Waals surface area contributed by atoms with Gasteiger partial charge in [-0.1, -0.05) is 19.8 Å². The molecule has 0 amide bonds. The summed E-state index contributed by atoms with van der Waals surface area (Å²) in [4.78, 5) is 9.18. The highest BCUT2D eigenvalue weighted by atomic mass is 35.5. The SMILES string of the molecule is CCCCC(C)n1c(C(C)Cl)nc2ccc(OC)nc21. The molecule has 0 aliphatic rings. The average Bonchev–Trinajstić information content (AvgIpc) is 2.83. The second-order valence-corrected chi connectivity index (χ2v) is 5.80. The van der Waals surface area contributed by atoms with Gasteiger partial charge in [0.25, 0.3) is 0 Å². The molecule has 20 heavy (non-hydrogen) atoms. The van der Waals surface area contributed by atoms with Gasteiger partial charge in [-0.15, -0.1) is 11.6 Å². The van der Waals surface area contributed by atoms with Crippen LogP contribution in [-0.4, -0.2) is 21.6 Å². The van der Waals surface area contributed by atoms with E-state index in [0.29, 0.717) is 11.9 Å². The van der Waals surface area contributed by atoms with Gasteiger partial charge in [-0.25, -0.2) is 4.98 Å². The first-order valence-corrected chi connectivity index (χ1v) is 7.59. The van der Waals surface area contributed by atoms with E-state index in [1.807, 2.05) is 19.1 Å². The van der Waals surface area contributed by atoms with Gasteiger partial charge in [0, 0.05) is 12.1 Å². The number of nitrogens with zero attached hydrogens (tertiary/aromatic N) is 3. The van der Waals surface area contributed by atoms with Crippen LogP contribution in [-0.2, 0) is 0 Å². The highest BCUT2D eigenvalue weighted by Crippen LogP contribution is 2.30. The molecule has 5 heteroatoms. The van der Waals surface area contributed by atoms with E-state index in [1.54, 1.807) is 7.11 Å². The number of unbranched alkanes of at least 4 members (excludes halogenated alkanes) is 1. The van der Waals surface area contributed by atoms with Crippen molar-refractivity contribution in [2.75, 3.05) is 7.11 Å². The van der Waals surface area contributed by atoms with Crippen LogP contribution < -0.4 is 4.74 Å². The molecule has 0 aromatic carbocycles. The Morgan fingerprint density at radius 3 is 2.65 bits per heavy atom. The standard InChI is InChI=1S/C15H22ClN3O/c1-5-6-7-10(2)19-14(11(3)16)17-12-8-9-13(20-4)18-15(12)19/h8-11H,5-7H2,1-4H3. The molecule has 0 radical (unpaired) electrons. The molecule has 2 unspecified atom stereocenters. The zero-order valence-electron chi connectivity index (χ0n) is 12.6. The quantitative estimate of drug-likeness (QED) is 0.737. The van der Waals surface area contributed by atoms with E-state index in [1.165, 1.54) is 12.8 Å². The zero-order valence-corrected chi connectivity index (χ0v) is 13.3. The molecule has 0 N–H and O–H groups in total. The molecule has 2 heterocycles. The number of aromatic nitrogens is 3. The zero-order chi connectivity index (χ0) is 14.7. The number of fused-ring (bicyclic) bond motifs is 1. The van der Waals surface area contributed by atoms with E-state index in [-0.39, 0.29) is 5.38 Å². The molecule has 0 saturated carbocycles. The normalized spacial score (nSPS) is 14.4. The summed E-state index contributed by atoms with van der Waals surface area (Å²) in [6.45, 7) is 6.34. The summed E-state index contributed by atoms with van der Waals surface area (Å²) in [7, 11) is 1.63. The minimum absolute atomic E-state index is 0.140. The van der Waals surface area contributed by atoms with Crippen LogP contribution in [0.5, 0.6) is 5.88 Å². The molecule has 2 aromatic rings. The lowest BCUT2D eigenvalue weighted by molar-refractivity contribution is 0.397. The molecule has 2 rings (SSSR count). The van der Waals surface area contributed by atoms with Crippen LogP contribution >= 0.6 is 11.6 Å². The summed E-state index contributed by atoms with van der Waals surface area (Å²) >= 11 is 6.29.